The minimum absolute atomic E-state index is 0. The monoisotopic (exact) mass is 242 g/mol. The maximum absolute atomic E-state index is 11.0. The molecule has 0 radical (unpaired) electrons. The molecule has 3 N–H and O–H groups in total. The molecule has 0 saturated carbocycles. The third kappa shape index (κ3) is 2.72. The number of carboxylic acids is 1. The van der Waals surface area contributed by atoms with E-state index in [1.165, 1.54) is 0 Å². The highest BCUT2D eigenvalue weighted by Crippen LogP contribution is 2.18. The minimum atomic E-state index is -0.863. The zero-order valence-corrected chi connectivity index (χ0v) is 9.59. The fourth-order valence-electron chi connectivity index (χ4n) is 1.87. The Morgan fingerprint density at radius 1 is 1.31 bits per heavy atom. The van der Waals surface area contributed by atoms with Gasteiger partial charge >= 0.3 is 5.97 Å². The van der Waals surface area contributed by atoms with E-state index < -0.39 is 5.97 Å². The van der Waals surface area contributed by atoms with Gasteiger partial charge in [0.25, 0.3) is 0 Å². The van der Waals surface area contributed by atoms with Crippen molar-refractivity contribution in [2.75, 3.05) is 19.6 Å². The number of hydrogen-bond donors (Lipinski definition) is 3. The van der Waals surface area contributed by atoms with Crippen LogP contribution in [0.2, 0.25) is 0 Å². The highest BCUT2D eigenvalue weighted by atomic mass is 35.5. The summed E-state index contributed by atoms with van der Waals surface area (Å²) < 4.78 is 0. The van der Waals surface area contributed by atoms with Gasteiger partial charge in [0.1, 0.15) is 0 Å². The first kappa shape index (κ1) is 13.0. The van der Waals surface area contributed by atoms with Crippen LogP contribution in [0.5, 0.6) is 0 Å². The van der Waals surface area contributed by atoms with Gasteiger partial charge in [-0.25, -0.2) is 4.79 Å². The molecule has 88 valence electrons. The highest BCUT2D eigenvalue weighted by Gasteiger charge is 2.19. The Kier molecular flexibility index (Phi) is 4.73. The number of carboxylic acid groups (broad SMARTS) is 1. The normalized spacial score (nSPS) is 19.9. The fraction of sp³-hybridized carbons (Fsp3) is 0.364. The lowest BCUT2D eigenvalue weighted by atomic mass is 9.99. The van der Waals surface area contributed by atoms with Crippen molar-refractivity contribution < 1.29 is 9.90 Å². The van der Waals surface area contributed by atoms with Crippen LogP contribution in [0.15, 0.2) is 24.3 Å². The van der Waals surface area contributed by atoms with E-state index in [-0.39, 0.29) is 18.4 Å². The maximum atomic E-state index is 11.0. The molecule has 1 fully saturated rings. The molecule has 1 saturated heterocycles. The Labute approximate surface area is 100 Å². The average Bonchev–Trinajstić information content (AvgIpc) is 2.30. The number of hydrogen-bond acceptors (Lipinski definition) is 3. The predicted octanol–water partition coefficient (Wildman–Crippen LogP) is 1.04. The van der Waals surface area contributed by atoms with Crippen molar-refractivity contribution in [2.24, 2.45) is 0 Å². The number of nitrogens with one attached hydrogen (secondary N) is 2. The van der Waals surface area contributed by atoms with Crippen LogP contribution in [0.1, 0.15) is 22.0 Å². The lowest BCUT2D eigenvalue weighted by Gasteiger charge is -2.25. The van der Waals surface area contributed by atoms with Crippen LogP contribution in [-0.4, -0.2) is 30.7 Å². The molecule has 0 aromatic heterocycles. The molecule has 16 heavy (non-hydrogen) atoms. The van der Waals surface area contributed by atoms with E-state index in [2.05, 4.69) is 10.6 Å². The van der Waals surface area contributed by atoms with E-state index in [4.69, 9.17) is 5.11 Å². The van der Waals surface area contributed by atoms with Crippen LogP contribution in [0.25, 0.3) is 0 Å². The molecule has 1 heterocycles. The van der Waals surface area contributed by atoms with Crippen molar-refractivity contribution in [1.82, 2.24) is 10.6 Å². The number of rotatable bonds is 2. The van der Waals surface area contributed by atoms with Crippen LogP contribution >= 0.6 is 12.4 Å². The third-order valence-electron chi connectivity index (χ3n) is 2.61. The standard InChI is InChI=1S/C11H14N2O2.ClH/c14-11(15)9-4-2-1-3-8(9)10-7-12-5-6-13-10;/h1-4,10,12-13H,5-7H2,(H,14,15);1H/t10-;/m1./s1. The van der Waals surface area contributed by atoms with E-state index in [9.17, 15) is 4.79 Å². The largest absolute Gasteiger partial charge is 0.478 e. The third-order valence-corrected chi connectivity index (χ3v) is 2.61. The molecule has 0 bridgehead atoms. The lowest BCUT2D eigenvalue weighted by Crippen LogP contribution is -2.43. The molecule has 0 aliphatic carbocycles. The molecule has 1 aromatic carbocycles. The first-order valence-corrected chi connectivity index (χ1v) is 5.05. The Morgan fingerprint density at radius 2 is 2.06 bits per heavy atom. The summed E-state index contributed by atoms with van der Waals surface area (Å²) in [6, 6.07) is 7.25. The number of carbonyl (C=O) groups is 1. The first-order chi connectivity index (χ1) is 7.29. The molecule has 5 heteroatoms. The molecule has 2 rings (SSSR count). The molecule has 0 amide bonds. The van der Waals surface area contributed by atoms with Gasteiger partial charge in [-0.2, -0.15) is 0 Å². The SMILES string of the molecule is Cl.O=C(O)c1ccccc1[C@H]1CNCCN1. The van der Waals surface area contributed by atoms with Gasteiger partial charge in [-0.15, -0.1) is 12.4 Å². The van der Waals surface area contributed by atoms with Crippen molar-refractivity contribution in [2.45, 2.75) is 6.04 Å². The van der Waals surface area contributed by atoms with E-state index in [1.807, 2.05) is 12.1 Å². The fourth-order valence-corrected chi connectivity index (χ4v) is 1.87. The second-order valence-electron chi connectivity index (χ2n) is 3.60. The molecule has 1 atom stereocenters. The highest BCUT2D eigenvalue weighted by molar-refractivity contribution is 5.89. The van der Waals surface area contributed by atoms with Gasteiger partial charge in [0.2, 0.25) is 0 Å². The number of aromatic carboxylic acids is 1. The zero-order valence-electron chi connectivity index (χ0n) is 8.77. The van der Waals surface area contributed by atoms with E-state index >= 15 is 0 Å². The second-order valence-corrected chi connectivity index (χ2v) is 3.60. The van der Waals surface area contributed by atoms with Gasteiger partial charge < -0.3 is 15.7 Å². The van der Waals surface area contributed by atoms with Crippen molar-refractivity contribution in [3.05, 3.63) is 35.4 Å². The van der Waals surface area contributed by atoms with Crippen LogP contribution in [0, 0.1) is 0 Å². The smallest absolute Gasteiger partial charge is 0.336 e. The molecular formula is C11H15ClN2O2. The predicted molar refractivity (Wildman–Crippen MR) is 64.3 cm³/mol. The van der Waals surface area contributed by atoms with Crippen molar-refractivity contribution in [3.8, 4) is 0 Å². The number of halogens is 1. The lowest BCUT2D eigenvalue weighted by molar-refractivity contribution is 0.0694. The van der Waals surface area contributed by atoms with Crippen LogP contribution < -0.4 is 10.6 Å². The van der Waals surface area contributed by atoms with Gasteiger partial charge in [-0.3, -0.25) is 0 Å². The summed E-state index contributed by atoms with van der Waals surface area (Å²) in [7, 11) is 0. The Morgan fingerprint density at radius 3 is 2.69 bits per heavy atom. The van der Waals surface area contributed by atoms with Gasteiger partial charge in [0.05, 0.1) is 5.56 Å². The Hall–Kier alpha value is -1.10. The summed E-state index contributed by atoms with van der Waals surface area (Å²) >= 11 is 0. The summed E-state index contributed by atoms with van der Waals surface area (Å²) in [4.78, 5) is 11.0. The summed E-state index contributed by atoms with van der Waals surface area (Å²) in [5.41, 5.74) is 1.25. The van der Waals surface area contributed by atoms with Crippen LogP contribution in [-0.2, 0) is 0 Å². The molecule has 1 aromatic rings. The first-order valence-electron chi connectivity index (χ1n) is 5.05. The van der Waals surface area contributed by atoms with Crippen molar-refractivity contribution >= 4 is 18.4 Å². The molecule has 0 spiro atoms. The van der Waals surface area contributed by atoms with E-state index in [0.29, 0.717) is 5.56 Å². The van der Waals surface area contributed by atoms with Crippen molar-refractivity contribution in [3.63, 3.8) is 0 Å². The summed E-state index contributed by atoms with van der Waals surface area (Å²) in [5.74, 6) is -0.863. The van der Waals surface area contributed by atoms with Crippen LogP contribution in [0.3, 0.4) is 0 Å². The molecule has 0 unspecified atom stereocenters. The van der Waals surface area contributed by atoms with Gasteiger partial charge in [0, 0.05) is 25.7 Å². The molecule has 4 nitrogen and oxygen atoms in total. The van der Waals surface area contributed by atoms with Crippen LogP contribution in [0.4, 0.5) is 0 Å². The summed E-state index contributed by atoms with van der Waals surface area (Å²) in [6.07, 6.45) is 0. The summed E-state index contributed by atoms with van der Waals surface area (Å²) in [5, 5.41) is 15.6. The van der Waals surface area contributed by atoms with Gasteiger partial charge in [-0.05, 0) is 11.6 Å². The van der Waals surface area contributed by atoms with E-state index in [0.717, 1.165) is 25.2 Å². The average molecular weight is 243 g/mol. The zero-order chi connectivity index (χ0) is 10.7. The molecular weight excluding hydrogens is 228 g/mol. The second kappa shape index (κ2) is 5.84. The topological polar surface area (TPSA) is 61.4 Å². The summed E-state index contributed by atoms with van der Waals surface area (Å²) in [6.45, 7) is 2.59. The molecule has 1 aliphatic heterocycles. The Balaban J connectivity index is 0.00000128. The van der Waals surface area contributed by atoms with Crippen molar-refractivity contribution in [1.29, 1.82) is 0 Å². The van der Waals surface area contributed by atoms with Gasteiger partial charge in [0.15, 0.2) is 0 Å². The number of benzene rings is 1. The van der Waals surface area contributed by atoms with Gasteiger partial charge in [-0.1, -0.05) is 18.2 Å². The number of piperazine rings is 1. The van der Waals surface area contributed by atoms with E-state index in [1.54, 1.807) is 12.1 Å². The quantitative estimate of drug-likeness (QED) is 0.725. The Bertz CT molecular complexity index is 365. The molecule has 1 aliphatic rings. The maximum Gasteiger partial charge on any atom is 0.336 e. The minimum Gasteiger partial charge on any atom is -0.478 e.